The van der Waals surface area contributed by atoms with E-state index in [-0.39, 0.29) is 5.91 Å². The van der Waals surface area contributed by atoms with Crippen LogP contribution in [0.5, 0.6) is 0 Å². The number of carbonyl (C=O) groups excluding carboxylic acids is 1. The van der Waals surface area contributed by atoms with Crippen LogP contribution < -0.4 is 5.32 Å². The van der Waals surface area contributed by atoms with Gasteiger partial charge in [-0.05, 0) is 60.9 Å². The third-order valence-electron chi connectivity index (χ3n) is 4.15. The van der Waals surface area contributed by atoms with E-state index in [4.69, 9.17) is 0 Å². The molecule has 3 nitrogen and oxygen atoms in total. The Kier molecular flexibility index (Phi) is 4.58. The lowest BCUT2D eigenvalue weighted by Gasteiger charge is -2.25. The molecular weight excluding hydrogens is 284 g/mol. The molecule has 3 rings (SSSR count). The maximum atomic E-state index is 12.0. The molecule has 0 spiro atoms. The van der Waals surface area contributed by atoms with Crippen LogP contribution in [-0.2, 0) is 17.8 Å². The van der Waals surface area contributed by atoms with E-state index in [1.54, 1.807) is 6.08 Å². The van der Waals surface area contributed by atoms with E-state index in [0.717, 1.165) is 36.3 Å². The number of benzene rings is 2. The minimum atomic E-state index is -0.106. The molecule has 2 aromatic carbocycles. The molecule has 0 unspecified atom stereocenters. The van der Waals surface area contributed by atoms with Crippen molar-refractivity contribution in [3.05, 3.63) is 70.8 Å². The molecule has 2 aromatic rings. The van der Waals surface area contributed by atoms with Crippen molar-refractivity contribution in [2.24, 2.45) is 0 Å². The Morgan fingerprint density at radius 2 is 2.04 bits per heavy atom. The number of aryl methyl sites for hydroxylation is 1. The molecule has 1 N–H and O–H groups in total. The van der Waals surface area contributed by atoms with Gasteiger partial charge in [0.25, 0.3) is 0 Å². The van der Waals surface area contributed by atoms with E-state index in [2.05, 4.69) is 35.5 Å². The number of anilines is 1. The molecule has 0 aliphatic carbocycles. The summed E-state index contributed by atoms with van der Waals surface area (Å²) in [6.45, 7) is 4.10. The molecule has 0 saturated heterocycles. The highest BCUT2D eigenvalue weighted by Gasteiger charge is 2.12. The molecule has 0 bridgehead atoms. The second-order valence-electron chi connectivity index (χ2n) is 6.21. The minimum absolute atomic E-state index is 0.106. The highest BCUT2D eigenvalue weighted by atomic mass is 16.1. The fourth-order valence-corrected chi connectivity index (χ4v) is 2.90. The summed E-state index contributed by atoms with van der Waals surface area (Å²) in [6, 6.07) is 14.3. The molecule has 1 heterocycles. The Balaban J connectivity index is 1.68. The van der Waals surface area contributed by atoms with E-state index in [9.17, 15) is 4.79 Å². The van der Waals surface area contributed by atoms with Crippen LogP contribution in [-0.4, -0.2) is 24.4 Å². The van der Waals surface area contributed by atoms with E-state index >= 15 is 0 Å². The second kappa shape index (κ2) is 6.80. The Hall–Kier alpha value is -2.39. The Morgan fingerprint density at radius 1 is 1.17 bits per heavy atom. The van der Waals surface area contributed by atoms with Crippen molar-refractivity contribution in [2.75, 3.05) is 18.9 Å². The molecule has 0 aromatic heterocycles. The highest BCUT2D eigenvalue weighted by Crippen LogP contribution is 2.20. The number of amides is 1. The number of rotatable bonds is 3. The SMILES string of the molecule is Cc1cccc(NC(=O)C=Cc2ccc3c(c2)CN(C)CC3)c1. The van der Waals surface area contributed by atoms with Crippen molar-refractivity contribution in [1.82, 2.24) is 4.90 Å². The van der Waals surface area contributed by atoms with Crippen molar-refractivity contribution in [3.8, 4) is 0 Å². The van der Waals surface area contributed by atoms with E-state index < -0.39 is 0 Å². The van der Waals surface area contributed by atoms with Crippen LogP contribution >= 0.6 is 0 Å². The maximum Gasteiger partial charge on any atom is 0.248 e. The van der Waals surface area contributed by atoms with Crippen molar-refractivity contribution in [2.45, 2.75) is 19.9 Å². The van der Waals surface area contributed by atoms with Gasteiger partial charge in [0.2, 0.25) is 5.91 Å². The van der Waals surface area contributed by atoms with Gasteiger partial charge in [0.1, 0.15) is 0 Å². The minimum Gasteiger partial charge on any atom is -0.323 e. The number of hydrogen-bond donors (Lipinski definition) is 1. The predicted octanol–water partition coefficient (Wildman–Crippen LogP) is 3.63. The van der Waals surface area contributed by atoms with Crippen LogP contribution in [0.15, 0.2) is 48.5 Å². The lowest BCUT2D eigenvalue weighted by molar-refractivity contribution is -0.111. The van der Waals surface area contributed by atoms with Gasteiger partial charge < -0.3 is 10.2 Å². The Labute approximate surface area is 137 Å². The van der Waals surface area contributed by atoms with Gasteiger partial charge >= 0.3 is 0 Å². The monoisotopic (exact) mass is 306 g/mol. The van der Waals surface area contributed by atoms with Gasteiger partial charge in [-0.15, -0.1) is 0 Å². The number of likely N-dealkylation sites (N-methyl/N-ethyl adjacent to an activating group) is 1. The smallest absolute Gasteiger partial charge is 0.248 e. The summed E-state index contributed by atoms with van der Waals surface area (Å²) in [5.74, 6) is -0.106. The standard InChI is InChI=1S/C20H22N2O/c1-15-4-3-5-19(12-15)21-20(23)9-7-16-6-8-17-10-11-22(2)14-18(17)13-16/h3-9,12-13H,10-11,14H2,1-2H3,(H,21,23). The normalized spacial score (nSPS) is 14.7. The Morgan fingerprint density at radius 3 is 2.87 bits per heavy atom. The number of fused-ring (bicyclic) bond motifs is 1. The first-order valence-corrected chi connectivity index (χ1v) is 7.96. The van der Waals surface area contributed by atoms with Gasteiger partial charge in [0.15, 0.2) is 0 Å². The first kappa shape index (κ1) is 15.5. The molecule has 1 aliphatic rings. The fraction of sp³-hybridized carbons (Fsp3) is 0.250. The molecule has 0 saturated carbocycles. The van der Waals surface area contributed by atoms with Gasteiger partial charge in [-0.1, -0.05) is 30.3 Å². The van der Waals surface area contributed by atoms with Crippen LogP contribution in [0.25, 0.3) is 6.08 Å². The average Bonchev–Trinajstić information content (AvgIpc) is 2.52. The zero-order valence-electron chi connectivity index (χ0n) is 13.7. The van der Waals surface area contributed by atoms with Crippen LogP contribution in [0.3, 0.4) is 0 Å². The van der Waals surface area contributed by atoms with Gasteiger partial charge in [0, 0.05) is 24.9 Å². The summed E-state index contributed by atoms with van der Waals surface area (Å²) in [5.41, 5.74) is 5.81. The lowest BCUT2D eigenvalue weighted by atomic mass is 9.97. The number of hydrogen-bond acceptors (Lipinski definition) is 2. The third-order valence-corrected chi connectivity index (χ3v) is 4.15. The van der Waals surface area contributed by atoms with Crippen LogP contribution in [0, 0.1) is 6.92 Å². The summed E-state index contributed by atoms with van der Waals surface area (Å²) in [7, 11) is 2.14. The van der Waals surface area contributed by atoms with Crippen LogP contribution in [0.4, 0.5) is 5.69 Å². The van der Waals surface area contributed by atoms with Crippen LogP contribution in [0.2, 0.25) is 0 Å². The molecule has 23 heavy (non-hydrogen) atoms. The number of carbonyl (C=O) groups is 1. The molecule has 3 heteroatoms. The van der Waals surface area contributed by atoms with Crippen LogP contribution in [0.1, 0.15) is 22.3 Å². The molecule has 1 amide bonds. The van der Waals surface area contributed by atoms with Gasteiger partial charge in [-0.3, -0.25) is 4.79 Å². The predicted molar refractivity (Wildman–Crippen MR) is 95.3 cm³/mol. The van der Waals surface area contributed by atoms with Gasteiger partial charge in [-0.25, -0.2) is 0 Å². The number of nitrogens with zero attached hydrogens (tertiary/aromatic N) is 1. The lowest BCUT2D eigenvalue weighted by Crippen LogP contribution is -2.26. The highest BCUT2D eigenvalue weighted by molar-refractivity contribution is 6.01. The summed E-state index contributed by atoms with van der Waals surface area (Å²) in [4.78, 5) is 14.4. The van der Waals surface area contributed by atoms with Crippen molar-refractivity contribution < 1.29 is 4.79 Å². The second-order valence-corrected chi connectivity index (χ2v) is 6.21. The summed E-state index contributed by atoms with van der Waals surface area (Å²) in [6.07, 6.45) is 4.57. The van der Waals surface area contributed by atoms with Gasteiger partial charge in [0.05, 0.1) is 0 Å². The zero-order chi connectivity index (χ0) is 16.2. The first-order chi connectivity index (χ1) is 11.1. The zero-order valence-corrected chi connectivity index (χ0v) is 13.7. The van der Waals surface area contributed by atoms with Crippen molar-refractivity contribution in [3.63, 3.8) is 0 Å². The largest absolute Gasteiger partial charge is 0.323 e. The van der Waals surface area contributed by atoms with E-state index in [1.807, 2.05) is 37.3 Å². The van der Waals surface area contributed by atoms with Crippen molar-refractivity contribution in [1.29, 1.82) is 0 Å². The van der Waals surface area contributed by atoms with E-state index in [1.165, 1.54) is 11.1 Å². The molecule has 0 fully saturated rings. The molecular formula is C20H22N2O. The fourth-order valence-electron chi connectivity index (χ4n) is 2.90. The molecule has 0 radical (unpaired) electrons. The van der Waals surface area contributed by atoms with E-state index in [0.29, 0.717) is 0 Å². The molecule has 118 valence electrons. The summed E-state index contributed by atoms with van der Waals surface area (Å²) < 4.78 is 0. The van der Waals surface area contributed by atoms with Crippen molar-refractivity contribution >= 4 is 17.7 Å². The summed E-state index contributed by atoms with van der Waals surface area (Å²) in [5, 5.41) is 2.89. The quantitative estimate of drug-likeness (QED) is 0.878. The van der Waals surface area contributed by atoms with Gasteiger partial charge in [-0.2, -0.15) is 0 Å². The summed E-state index contributed by atoms with van der Waals surface area (Å²) >= 11 is 0. The average molecular weight is 306 g/mol. The molecule has 1 aliphatic heterocycles. The topological polar surface area (TPSA) is 32.3 Å². The maximum absolute atomic E-state index is 12.0. The third kappa shape index (κ3) is 4.08. The Bertz CT molecular complexity index is 749. The first-order valence-electron chi connectivity index (χ1n) is 7.96. The molecule has 0 atom stereocenters. The number of nitrogens with one attached hydrogen (secondary N) is 1.